The fourth-order valence-corrected chi connectivity index (χ4v) is 2.56. The maximum Gasteiger partial charge on any atom is 0.191 e. The van der Waals surface area contributed by atoms with Crippen LogP contribution >= 0.6 is 0 Å². The van der Waals surface area contributed by atoms with Crippen LogP contribution in [-0.4, -0.2) is 58.7 Å². The molecule has 0 radical (unpaired) electrons. The van der Waals surface area contributed by atoms with Gasteiger partial charge >= 0.3 is 0 Å². The van der Waals surface area contributed by atoms with Crippen molar-refractivity contribution in [2.24, 2.45) is 4.99 Å². The molecule has 0 aliphatic carbocycles. The Morgan fingerprint density at radius 1 is 1.11 bits per heavy atom. The van der Waals surface area contributed by atoms with Crippen LogP contribution in [0.1, 0.15) is 33.3 Å². The average Bonchev–Trinajstić information content (AvgIpc) is 2.59. The summed E-state index contributed by atoms with van der Waals surface area (Å²) in [7, 11) is -1.50. The molecule has 0 aliphatic heterocycles. The largest absolute Gasteiger partial charge is 0.490 e. The first-order chi connectivity index (χ1) is 12.6. The number of hydrogen-bond acceptors (Lipinski definition) is 5. The van der Waals surface area contributed by atoms with Crippen LogP contribution in [0.5, 0.6) is 11.5 Å². The van der Waals surface area contributed by atoms with Gasteiger partial charge in [0.2, 0.25) is 0 Å². The lowest BCUT2D eigenvalue weighted by atomic mass is 10.1. The number of guanidine groups is 1. The van der Waals surface area contributed by atoms with Gasteiger partial charge in [0.25, 0.3) is 0 Å². The maximum atomic E-state index is 11.8. The van der Waals surface area contributed by atoms with Gasteiger partial charge in [-0.3, -0.25) is 4.99 Å². The third kappa shape index (κ3) is 7.28. The molecule has 27 heavy (non-hydrogen) atoms. The van der Waals surface area contributed by atoms with Gasteiger partial charge in [-0.15, -0.1) is 0 Å². The zero-order valence-electron chi connectivity index (χ0n) is 17.3. The van der Waals surface area contributed by atoms with E-state index in [0.29, 0.717) is 25.7 Å². The molecule has 1 aromatic rings. The molecular formula is C19H33N3O4S. The van der Waals surface area contributed by atoms with E-state index in [1.165, 1.54) is 6.26 Å². The fourth-order valence-electron chi connectivity index (χ4n) is 2.22. The van der Waals surface area contributed by atoms with Crippen molar-refractivity contribution in [2.45, 2.75) is 38.9 Å². The van der Waals surface area contributed by atoms with Gasteiger partial charge in [0, 0.05) is 26.4 Å². The Balaban J connectivity index is 2.61. The number of benzene rings is 1. The molecule has 0 saturated carbocycles. The molecule has 1 aromatic carbocycles. The SMILES string of the molecule is CCOc1ccc(CCNC(=NC)NCC(C)(C)S(C)(=O)=O)cc1OCC. The normalized spacial score (nSPS) is 12.6. The average molecular weight is 400 g/mol. The fraction of sp³-hybridized carbons (Fsp3) is 0.632. The zero-order chi connectivity index (χ0) is 20.5. The number of hydrogen-bond donors (Lipinski definition) is 2. The third-order valence-corrected chi connectivity index (χ3v) is 6.37. The van der Waals surface area contributed by atoms with Crippen molar-refractivity contribution in [3.05, 3.63) is 23.8 Å². The third-order valence-electron chi connectivity index (χ3n) is 4.22. The Morgan fingerprint density at radius 3 is 2.30 bits per heavy atom. The molecule has 0 spiro atoms. The first-order valence-corrected chi connectivity index (χ1v) is 11.1. The standard InChI is InChI=1S/C19H33N3O4S/c1-7-25-16-10-9-15(13-17(16)26-8-2)11-12-21-18(20-5)22-14-19(3,4)27(6,23)24/h9-10,13H,7-8,11-12,14H2,1-6H3,(H2,20,21,22). The van der Waals surface area contributed by atoms with Gasteiger partial charge in [-0.25, -0.2) is 8.42 Å². The Bertz CT molecular complexity index is 730. The van der Waals surface area contributed by atoms with E-state index in [-0.39, 0.29) is 6.54 Å². The van der Waals surface area contributed by atoms with Gasteiger partial charge in [0.15, 0.2) is 27.3 Å². The molecule has 0 atom stereocenters. The van der Waals surface area contributed by atoms with Crippen LogP contribution in [-0.2, 0) is 16.3 Å². The molecular weight excluding hydrogens is 366 g/mol. The number of aliphatic imine (C=N–C) groups is 1. The molecule has 0 bridgehead atoms. The van der Waals surface area contributed by atoms with Crippen molar-refractivity contribution in [3.8, 4) is 11.5 Å². The molecule has 0 saturated heterocycles. The van der Waals surface area contributed by atoms with Crippen LogP contribution in [0.15, 0.2) is 23.2 Å². The lowest BCUT2D eigenvalue weighted by Gasteiger charge is -2.24. The van der Waals surface area contributed by atoms with Crippen LogP contribution in [0.4, 0.5) is 0 Å². The summed E-state index contributed by atoms with van der Waals surface area (Å²) in [5, 5.41) is 6.28. The van der Waals surface area contributed by atoms with E-state index in [2.05, 4.69) is 15.6 Å². The summed E-state index contributed by atoms with van der Waals surface area (Å²) in [4.78, 5) is 4.14. The predicted molar refractivity (Wildman–Crippen MR) is 111 cm³/mol. The van der Waals surface area contributed by atoms with Crippen LogP contribution in [0.25, 0.3) is 0 Å². The molecule has 0 aliphatic rings. The Labute approximate surface area is 163 Å². The topological polar surface area (TPSA) is 89.0 Å². The number of sulfone groups is 1. The first kappa shape index (κ1) is 23.1. The highest BCUT2D eigenvalue weighted by Gasteiger charge is 2.30. The van der Waals surface area contributed by atoms with Gasteiger partial charge < -0.3 is 20.1 Å². The predicted octanol–water partition coefficient (Wildman–Crippen LogP) is 2.01. The van der Waals surface area contributed by atoms with Crippen LogP contribution in [0, 0.1) is 0 Å². The van der Waals surface area contributed by atoms with Gasteiger partial charge in [0.05, 0.1) is 18.0 Å². The summed E-state index contributed by atoms with van der Waals surface area (Å²) in [6.45, 7) is 9.37. The Hall–Kier alpha value is -1.96. The van der Waals surface area contributed by atoms with E-state index in [0.717, 1.165) is 23.5 Å². The second-order valence-electron chi connectivity index (χ2n) is 6.78. The quantitative estimate of drug-likeness (QED) is 0.462. The number of nitrogens with one attached hydrogen (secondary N) is 2. The van der Waals surface area contributed by atoms with Crippen LogP contribution in [0.3, 0.4) is 0 Å². The van der Waals surface area contributed by atoms with Crippen molar-refractivity contribution in [2.75, 3.05) is 39.6 Å². The van der Waals surface area contributed by atoms with E-state index in [1.54, 1.807) is 20.9 Å². The smallest absolute Gasteiger partial charge is 0.191 e. The lowest BCUT2D eigenvalue weighted by molar-refractivity contribution is 0.287. The maximum absolute atomic E-state index is 11.8. The monoisotopic (exact) mass is 399 g/mol. The van der Waals surface area contributed by atoms with Gasteiger partial charge in [-0.2, -0.15) is 0 Å². The summed E-state index contributed by atoms with van der Waals surface area (Å²) in [6, 6.07) is 5.92. The van der Waals surface area contributed by atoms with Crippen LogP contribution < -0.4 is 20.1 Å². The van der Waals surface area contributed by atoms with E-state index in [9.17, 15) is 8.42 Å². The molecule has 154 valence electrons. The summed E-state index contributed by atoms with van der Waals surface area (Å²) in [5.41, 5.74) is 1.11. The molecule has 0 unspecified atom stereocenters. The molecule has 1 rings (SSSR count). The Kier molecular flexibility index (Phi) is 8.88. The first-order valence-electron chi connectivity index (χ1n) is 9.17. The van der Waals surface area contributed by atoms with E-state index in [1.807, 2.05) is 32.0 Å². The zero-order valence-corrected chi connectivity index (χ0v) is 18.1. The number of nitrogens with zero attached hydrogens (tertiary/aromatic N) is 1. The van der Waals surface area contributed by atoms with E-state index >= 15 is 0 Å². The molecule has 0 amide bonds. The highest BCUT2D eigenvalue weighted by molar-refractivity contribution is 7.92. The second-order valence-corrected chi connectivity index (χ2v) is 9.43. The van der Waals surface area contributed by atoms with E-state index in [4.69, 9.17) is 9.47 Å². The van der Waals surface area contributed by atoms with Gasteiger partial charge in [-0.05, 0) is 51.8 Å². The van der Waals surface area contributed by atoms with Crippen molar-refractivity contribution < 1.29 is 17.9 Å². The summed E-state index contributed by atoms with van der Waals surface area (Å²) < 4.78 is 33.9. The summed E-state index contributed by atoms with van der Waals surface area (Å²) >= 11 is 0. The van der Waals surface area contributed by atoms with Crippen LogP contribution in [0.2, 0.25) is 0 Å². The highest BCUT2D eigenvalue weighted by atomic mass is 32.2. The van der Waals surface area contributed by atoms with Gasteiger partial charge in [0.1, 0.15) is 0 Å². The number of ether oxygens (including phenoxy) is 2. The Morgan fingerprint density at radius 2 is 1.74 bits per heavy atom. The van der Waals surface area contributed by atoms with Crippen molar-refractivity contribution in [1.82, 2.24) is 10.6 Å². The van der Waals surface area contributed by atoms with Crippen molar-refractivity contribution in [1.29, 1.82) is 0 Å². The van der Waals surface area contributed by atoms with Gasteiger partial charge in [-0.1, -0.05) is 6.07 Å². The van der Waals surface area contributed by atoms with Crippen molar-refractivity contribution >= 4 is 15.8 Å². The molecule has 2 N–H and O–H groups in total. The minimum absolute atomic E-state index is 0.281. The summed E-state index contributed by atoms with van der Waals surface area (Å²) in [6.07, 6.45) is 2.01. The summed E-state index contributed by atoms with van der Waals surface area (Å²) in [5.74, 6) is 2.06. The molecule has 0 fully saturated rings. The highest BCUT2D eigenvalue weighted by Crippen LogP contribution is 2.28. The molecule has 8 heteroatoms. The minimum atomic E-state index is -3.16. The second kappa shape index (κ2) is 10.4. The minimum Gasteiger partial charge on any atom is -0.490 e. The number of rotatable bonds is 10. The van der Waals surface area contributed by atoms with Crippen molar-refractivity contribution in [3.63, 3.8) is 0 Å². The molecule has 0 heterocycles. The molecule has 7 nitrogen and oxygen atoms in total. The van der Waals surface area contributed by atoms with E-state index < -0.39 is 14.6 Å². The lowest BCUT2D eigenvalue weighted by Crippen LogP contribution is -2.48. The molecule has 0 aromatic heterocycles.